The zero-order valence-corrected chi connectivity index (χ0v) is 9.46. The molecule has 0 unspecified atom stereocenters. The Hall–Kier alpha value is -1.24. The third kappa shape index (κ3) is 2.41. The molecule has 0 atom stereocenters. The molecule has 80 valence electrons. The van der Waals surface area contributed by atoms with E-state index in [2.05, 4.69) is 26.0 Å². The Bertz CT molecular complexity index is 388. The zero-order valence-electron chi connectivity index (χ0n) is 9.46. The monoisotopic (exact) mass is 202 g/mol. The first-order chi connectivity index (χ1) is 7.07. The van der Waals surface area contributed by atoms with E-state index in [-0.39, 0.29) is 0 Å². The fraction of sp³-hybridized carbons (Fsp3) is 0.429. The molecule has 1 aliphatic carbocycles. The fourth-order valence-electron chi connectivity index (χ4n) is 2.04. The molecule has 0 saturated carbocycles. The number of aromatic hydroxyl groups is 1. The van der Waals surface area contributed by atoms with Gasteiger partial charge < -0.3 is 5.11 Å². The highest BCUT2D eigenvalue weighted by atomic mass is 16.3. The van der Waals surface area contributed by atoms with Crippen LogP contribution in [0.3, 0.4) is 0 Å². The van der Waals surface area contributed by atoms with Gasteiger partial charge in [0.2, 0.25) is 0 Å². The van der Waals surface area contributed by atoms with Crippen LogP contribution < -0.4 is 0 Å². The molecule has 15 heavy (non-hydrogen) atoms. The number of benzene rings is 1. The second-order valence-corrected chi connectivity index (χ2v) is 5.15. The number of hydrogen-bond donors (Lipinski definition) is 1. The molecule has 2 rings (SSSR count). The van der Waals surface area contributed by atoms with Gasteiger partial charge in [-0.3, -0.25) is 0 Å². The van der Waals surface area contributed by atoms with Crippen LogP contribution >= 0.6 is 0 Å². The molecule has 0 saturated heterocycles. The van der Waals surface area contributed by atoms with E-state index >= 15 is 0 Å². The van der Waals surface area contributed by atoms with Crippen molar-refractivity contribution in [2.45, 2.75) is 33.1 Å². The van der Waals surface area contributed by atoms with E-state index in [0.29, 0.717) is 11.2 Å². The molecular formula is C14H18O. The molecule has 0 fully saturated rings. The molecule has 0 radical (unpaired) electrons. The number of phenolic OH excluding ortho intramolecular Hbond substituents is 1. The third-order valence-corrected chi connectivity index (χ3v) is 3.19. The van der Waals surface area contributed by atoms with Crippen molar-refractivity contribution in [3.63, 3.8) is 0 Å². The quantitative estimate of drug-likeness (QED) is 0.730. The molecular weight excluding hydrogens is 184 g/mol. The molecule has 1 N–H and O–H groups in total. The van der Waals surface area contributed by atoms with E-state index in [0.717, 1.165) is 12.8 Å². The van der Waals surface area contributed by atoms with Gasteiger partial charge in [0.25, 0.3) is 0 Å². The Labute approximate surface area is 91.4 Å². The average molecular weight is 202 g/mol. The van der Waals surface area contributed by atoms with Gasteiger partial charge >= 0.3 is 0 Å². The van der Waals surface area contributed by atoms with E-state index < -0.39 is 0 Å². The molecule has 0 amide bonds. The Morgan fingerprint density at radius 3 is 2.67 bits per heavy atom. The van der Waals surface area contributed by atoms with Crippen LogP contribution in [0.2, 0.25) is 0 Å². The summed E-state index contributed by atoms with van der Waals surface area (Å²) in [6, 6.07) is 7.55. The van der Waals surface area contributed by atoms with Crippen molar-refractivity contribution >= 4 is 5.57 Å². The van der Waals surface area contributed by atoms with Crippen LogP contribution in [0, 0.1) is 5.41 Å². The first kappa shape index (κ1) is 10.3. The van der Waals surface area contributed by atoms with Crippen molar-refractivity contribution in [1.29, 1.82) is 0 Å². The van der Waals surface area contributed by atoms with Gasteiger partial charge in [-0.25, -0.2) is 0 Å². The minimum Gasteiger partial charge on any atom is -0.508 e. The summed E-state index contributed by atoms with van der Waals surface area (Å²) in [4.78, 5) is 0. The van der Waals surface area contributed by atoms with Crippen LogP contribution in [-0.4, -0.2) is 5.11 Å². The van der Waals surface area contributed by atoms with Crippen LogP contribution in [0.25, 0.3) is 5.57 Å². The Balaban J connectivity index is 2.23. The molecule has 1 aliphatic rings. The maximum absolute atomic E-state index is 9.42. The smallest absolute Gasteiger partial charge is 0.116 e. The van der Waals surface area contributed by atoms with Crippen molar-refractivity contribution in [1.82, 2.24) is 0 Å². The van der Waals surface area contributed by atoms with Crippen LogP contribution in [-0.2, 0) is 0 Å². The standard InChI is InChI=1S/C14H18O/c1-14(2)8-6-11(7-9-14)12-4-3-5-13(15)10-12/h3-6,10,15H,7-9H2,1-2H3. The maximum Gasteiger partial charge on any atom is 0.116 e. The lowest BCUT2D eigenvalue weighted by Crippen LogP contribution is -2.13. The van der Waals surface area contributed by atoms with Crippen LogP contribution in [0.15, 0.2) is 30.3 Å². The second-order valence-electron chi connectivity index (χ2n) is 5.15. The summed E-state index contributed by atoms with van der Waals surface area (Å²) in [5, 5.41) is 9.42. The first-order valence-corrected chi connectivity index (χ1v) is 5.55. The van der Waals surface area contributed by atoms with E-state index in [9.17, 15) is 5.11 Å². The maximum atomic E-state index is 9.42. The second kappa shape index (κ2) is 3.73. The van der Waals surface area contributed by atoms with Crippen molar-refractivity contribution in [2.24, 2.45) is 5.41 Å². The van der Waals surface area contributed by atoms with Crippen molar-refractivity contribution in [3.05, 3.63) is 35.9 Å². The van der Waals surface area contributed by atoms with Gasteiger partial charge in [0.05, 0.1) is 0 Å². The lowest BCUT2D eigenvalue weighted by Gasteiger charge is -2.28. The van der Waals surface area contributed by atoms with E-state index in [4.69, 9.17) is 0 Å². The van der Waals surface area contributed by atoms with E-state index in [1.54, 1.807) is 6.07 Å². The molecule has 0 spiro atoms. The van der Waals surface area contributed by atoms with Crippen LogP contribution in [0.1, 0.15) is 38.7 Å². The van der Waals surface area contributed by atoms with Gasteiger partial charge in [0, 0.05) is 0 Å². The summed E-state index contributed by atoms with van der Waals surface area (Å²) in [6.45, 7) is 4.62. The molecule has 0 aromatic heterocycles. The summed E-state index contributed by atoms with van der Waals surface area (Å²) >= 11 is 0. The molecule has 0 aliphatic heterocycles. The topological polar surface area (TPSA) is 20.2 Å². The largest absolute Gasteiger partial charge is 0.508 e. The van der Waals surface area contributed by atoms with Crippen molar-refractivity contribution in [2.75, 3.05) is 0 Å². The number of rotatable bonds is 1. The predicted octanol–water partition coefficient (Wildman–Crippen LogP) is 3.99. The minimum atomic E-state index is 0.359. The highest BCUT2D eigenvalue weighted by molar-refractivity contribution is 5.67. The van der Waals surface area contributed by atoms with Crippen LogP contribution in [0.5, 0.6) is 5.75 Å². The lowest BCUT2D eigenvalue weighted by atomic mass is 9.77. The van der Waals surface area contributed by atoms with E-state index in [1.165, 1.54) is 17.6 Å². The van der Waals surface area contributed by atoms with Gasteiger partial charge in [0.15, 0.2) is 0 Å². The van der Waals surface area contributed by atoms with Crippen molar-refractivity contribution < 1.29 is 5.11 Å². The molecule has 1 aromatic rings. The Morgan fingerprint density at radius 2 is 2.07 bits per heavy atom. The first-order valence-electron chi connectivity index (χ1n) is 5.55. The number of allylic oxidation sites excluding steroid dienone is 2. The fourth-order valence-corrected chi connectivity index (χ4v) is 2.04. The number of phenols is 1. The van der Waals surface area contributed by atoms with Gasteiger partial charge in [-0.2, -0.15) is 0 Å². The SMILES string of the molecule is CC1(C)CC=C(c2cccc(O)c2)CC1. The Morgan fingerprint density at radius 1 is 1.27 bits per heavy atom. The Kier molecular flexibility index (Phi) is 2.56. The molecule has 0 heterocycles. The summed E-state index contributed by atoms with van der Waals surface area (Å²) < 4.78 is 0. The summed E-state index contributed by atoms with van der Waals surface area (Å²) in [5.74, 6) is 0.359. The van der Waals surface area contributed by atoms with Gasteiger partial charge in [-0.15, -0.1) is 0 Å². The summed E-state index contributed by atoms with van der Waals surface area (Å²) in [7, 11) is 0. The minimum absolute atomic E-state index is 0.359. The van der Waals surface area contributed by atoms with E-state index in [1.807, 2.05) is 12.1 Å². The molecule has 1 heteroatoms. The number of hydrogen-bond acceptors (Lipinski definition) is 1. The predicted molar refractivity (Wildman–Crippen MR) is 63.7 cm³/mol. The lowest BCUT2D eigenvalue weighted by molar-refractivity contribution is 0.335. The average Bonchev–Trinajstić information content (AvgIpc) is 2.17. The molecule has 0 bridgehead atoms. The normalized spacial score (nSPS) is 19.7. The summed E-state index contributed by atoms with van der Waals surface area (Å²) in [6.07, 6.45) is 5.81. The highest BCUT2D eigenvalue weighted by Crippen LogP contribution is 2.38. The zero-order chi connectivity index (χ0) is 10.9. The van der Waals surface area contributed by atoms with Gasteiger partial charge in [-0.05, 0) is 47.9 Å². The summed E-state index contributed by atoms with van der Waals surface area (Å²) in [5.41, 5.74) is 3.00. The highest BCUT2D eigenvalue weighted by Gasteiger charge is 2.21. The molecule has 1 aromatic carbocycles. The van der Waals surface area contributed by atoms with Gasteiger partial charge in [0.1, 0.15) is 5.75 Å². The third-order valence-electron chi connectivity index (χ3n) is 3.19. The molecule has 1 nitrogen and oxygen atoms in total. The van der Waals surface area contributed by atoms with Gasteiger partial charge in [-0.1, -0.05) is 32.1 Å². The van der Waals surface area contributed by atoms with Crippen molar-refractivity contribution in [3.8, 4) is 5.75 Å². The van der Waals surface area contributed by atoms with Crippen LogP contribution in [0.4, 0.5) is 0 Å².